The van der Waals surface area contributed by atoms with Crippen molar-refractivity contribution in [1.29, 1.82) is 0 Å². The molecule has 4 nitrogen and oxygen atoms in total. The minimum atomic E-state index is -0.177. The maximum absolute atomic E-state index is 12.1. The Morgan fingerprint density at radius 2 is 1.72 bits per heavy atom. The van der Waals surface area contributed by atoms with Gasteiger partial charge in [-0.05, 0) is 43.2 Å². The molecule has 0 saturated carbocycles. The van der Waals surface area contributed by atoms with Gasteiger partial charge in [-0.25, -0.2) is 4.98 Å². The summed E-state index contributed by atoms with van der Waals surface area (Å²) in [5, 5.41) is 6.61. The van der Waals surface area contributed by atoms with E-state index < -0.39 is 0 Å². The summed E-state index contributed by atoms with van der Waals surface area (Å²) >= 11 is 7.63. The molecule has 4 aromatic rings. The number of thiazole rings is 1. The first-order valence-corrected chi connectivity index (χ1v) is 11.5. The topological polar surface area (TPSA) is 51.2 Å². The van der Waals surface area contributed by atoms with Crippen molar-refractivity contribution in [3.8, 4) is 27.6 Å². The lowest BCUT2D eigenvalue weighted by Crippen LogP contribution is -2.28. The Labute approximate surface area is 196 Å². The van der Waals surface area contributed by atoms with Crippen molar-refractivity contribution in [1.82, 2.24) is 10.3 Å². The third-order valence-electron chi connectivity index (χ3n) is 5.04. The minimum absolute atomic E-state index is 0.0416. The monoisotopic (exact) mass is 462 g/mol. The number of nitrogens with zero attached hydrogens (tertiary/aromatic N) is 1. The molecule has 0 radical (unpaired) electrons. The van der Waals surface area contributed by atoms with Gasteiger partial charge in [-0.15, -0.1) is 11.3 Å². The average Bonchev–Trinajstić information content (AvgIpc) is 3.29. The number of aryl methyl sites for hydroxylation is 2. The maximum Gasteiger partial charge on any atom is 0.258 e. The Morgan fingerprint density at radius 3 is 2.44 bits per heavy atom. The molecule has 1 heterocycles. The number of halogens is 1. The van der Waals surface area contributed by atoms with Crippen LogP contribution in [-0.4, -0.2) is 17.5 Å². The molecule has 0 atom stereocenters. The highest BCUT2D eigenvalue weighted by Crippen LogP contribution is 2.29. The van der Waals surface area contributed by atoms with E-state index >= 15 is 0 Å². The molecule has 0 fully saturated rings. The van der Waals surface area contributed by atoms with Crippen molar-refractivity contribution < 1.29 is 9.53 Å². The lowest BCUT2D eigenvalue weighted by atomic mass is 10.1. The van der Waals surface area contributed by atoms with Crippen LogP contribution < -0.4 is 10.1 Å². The van der Waals surface area contributed by atoms with Crippen LogP contribution in [-0.2, 0) is 11.3 Å². The van der Waals surface area contributed by atoms with Gasteiger partial charge in [0.2, 0.25) is 0 Å². The molecule has 0 unspecified atom stereocenters. The van der Waals surface area contributed by atoms with Crippen LogP contribution in [0.4, 0.5) is 0 Å². The standard InChI is InChI=1S/C26H23ClN2O2S/c1-17-3-7-20(8-4-17)24-16-32-26(29-24)21-9-5-19(6-10-21)14-28-25(30)15-31-22-11-12-23(27)18(2)13-22/h3-13,16H,14-15H2,1-2H3,(H,28,30). The van der Waals surface area contributed by atoms with Gasteiger partial charge >= 0.3 is 0 Å². The van der Waals surface area contributed by atoms with E-state index in [0.717, 1.165) is 33.0 Å². The van der Waals surface area contributed by atoms with Crippen LogP contribution in [0.2, 0.25) is 5.02 Å². The lowest BCUT2D eigenvalue weighted by molar-refractivity contribution is -0.123. The van der Waals surface area contributed by atoms with Crippen molar-refractivity contribution in [2.75, 3.05) is 6.61 Å². The largest absolute Gasteiger partial charge is 0.484 e. The average molecular weight is 463 g/mol. The molecule has 162 valence electrons. The van der Waals surface area contributed by atoms with Gasteiger partial charge in [-0.2, -0.15) is 0 Å². The van der Waals surface area contributed by atoms with E-state index in [2.05, 4.69) is 41.9 Å². The van der Waals surface area contributed by atoms with Crippen molar-refractivity contribution in [3.05, 3.63) is 93.8 Å². The molecule has 3 aromatic carbocycles. The Balaban J connectivity index is 1.30. The second-order valence-electron chi connectivity index (χ2n) is 7.58. The molecule has 6 heteroatoms. The van der Waals surface area contributed by atoms with Crippen LogP contribution in [0.5, 0.6) is 5.75 Å². The third kappa shape index (κ3) is 5.55. The van der Waals surface area contributed by atoms with E-state index in [9.17, 15) is 4.79 Å². The highest BCUT2D eigenvalue weighted by atomic mass is 35.5. The molecule has 0 spiro atoms. The summed E-state index contributed by atoms with van der Waals surface area (Å²) in [6.45, 7) is 4.37. The number of benzene rings is 3. The SMILES string of the molecule is Cc1ccc(-c2csc(-c3ccc(CNC(=O)COc4ccc(Cl)c(C)c4)cc3)n2)cc1. The van der Waals surface area contributed by atoms with Crippen LogP contribution in [0.25, 0.3) is 21.8 Å². The Hall–Kier alpha value is -3.15. The van der Waals surface area contributed by atoms with Crippen molar-refractivity contribution >= 4 is 28.8 Å². The van der Waals surface area contributed by atoms with Gasteiger partial charge in [-0.1, -0.05) is 65.7 Å². The van der Waals surface area contributed by atoms with Crippen molar-refractivity contribution in [3.63, 3.8) is 0 Å². The summed E-state index contributed by atoms with van der Waals surface area (Å²) in [6.07, 6.45) is 0. The molecule has 0 saturated heterocycles. The second kappa shape index (κ2) is 9.98. The van der Waals surface area contributed by atoms with Gasteiger partial charge in [0.1, 0.15) is 10.8 Å². The summed E-state index contributed by atoms with van der Waals surface area (Å²) in [6, 6.07) is 21.8. The van der Waals surface area contributed by atoms with Crippen molar-refractivity contribution in [2.24, 2.45) is 0 Å². The van der Waals surface area contributed by atoms with Gasteiger partial charge in [0.05, 0.1) is 5.69 Å². The Kier molecular flexibility index (Phi) is 6.88. The third-order valence-corrected chi connectivity index (χ3v) is 6.36. The molecule has 32 heavy (non-hydrogen) atoms. The van der Waals surface area contributed by atoms with Gasteiger partial charge in [0.15, 0.2) is 6.61 Å². The number of amides is 1. The summed E-state index contributed by atoms with van der Waals surface area (Å²) in [7, 11) is 0. The number of carbonyl (C=O) groups is 1. The van der Waals surface area contributed by atoms with Crippen LogP contribution >= 0.6 is 22.9 Å². The van der Waals surface area contributed by atoms with Crippen LogP contribution in [0.15, 0.2) is 72.1 Å². The quantitative estimate of drug-likeness (QED) is 0.343. The molecule has 0 aliphatic carbocycles. The molecule has 0 aliphatic rings. The van der Waals surface area contributed by atoms with Crippen LogP contribution in [0.3, 0.4) is 0 Å². The molecule has 1 amide bonds. The van der Waals surface area contributed by atoms with E-state index in [-0.39, 0.29) is 12.5 Å². The highest BCUT2D eigenvalue weighted by molar-refractivity contribution is 7.13. The van der Waals surface area contributed by atoms with Gasteiger partial charge in [0.25, 0.3) is 5.91 Å². The van der Waals surface area contributed by atoms with Gasteiger partial charge in [-0.3, -0.25) is 4.79 Å². The summed E-state index contributed by atoms with van der Waals surface area (Å²) in [5.41, 5.74) is 6.32. The number of aromatic nitrogens is 1. The molecule has 0 bridgehead atoms. The number of nitrogens with one attached hydrogen (secondary N) is 1. The maximum atomic E-state index is 12.1. The lowest BCUT2D eigenvalue weighted by Gasteiger charge is -2.09. The van der Waals surface area contributed by atoms with E-state index in [1.165, 1.54) is 5.56 Å². The number of hydrogen-bond donors (Lipinski definition) is 1. The molecule has 1 N–H and O–H groups in total. The first kappa shape index (κ1) is 22.1. The van der Waals surface area contributed by atoms with Gasteiger partial charge in [0, 0.05) is 28.1 Å². The van der Waals surface area contributed by atoms with Crippen LogP contribution in [0.1, 0.15) is 16.7 Å². The zero-order valence-electron chi connectivity index (χ0n) is 17.9. The molecule has 1 aromatic heterocycles. The first-order chi connectivity index (χ1) is 15.5. The molecule has 0 aliphatic heterocycles. The summed E-state index contributed by atoms with van der Waals surface area (Å²) in [5.74, 6) is 0.448. The predicted octanol–water partition coefficient (Wildman–Crippen LogP) is 6.44. The van der Waals surface area contributed by atoms with E-state index in [1.807, 2.05) is 37.3 Å². The zero-order valence-corrected chi connectivity index (χ0v) is 19.5. The zero-order chi connectivity index (χ0) is 22.5. The second-order valence-corrected chi connectivity index (χ2v) is 8.84. The highest BCUT2D eigenvalue weighted by Gasteiger charge is 2.08. The smallest absolute Gasteiger partial charge is 0.258 e. The van der Waals surface area contributed by atoms with E-state index in [4.69, 9.17) is 21.3 Å². The Bertz CT molecular complexity index is 1220. The number of hydrogen-bond acceptors (Lipinski definition) is 4. The van der Waals surface area contributed by atoms with E-state index in [1.54, 1.807) is 23.5 Å². The summed E-state index contributed by atoms with van der Waals surface area (Å²) in [4.78, 5) is 16.9. The first-order valence-electron chi connectivity index (χ1n) is 10.3. The fourth-order valence-corrected chi connectivity index (χ4v) is 4.09. The number of ether oxygens (including phenoxy) is 1. The van der Waals surface area contributed by atoms with Crippen LogP contribution in [0, 0.1) is 13.8 Å². The molecule has 4 rings (SSSR count). The minimum Gasteiger partial charge on any atom is -0.484 e. The molecular formula is C26H23ClN2O2S. The summed E-state index contributed by atoms with van der Waals surface area (Å²) < 4.78 is 5.54. The van der Waals surface area contributed by atoms with Gasteiger partial charge < -0.3 is 10.1 Å². The fourth-order valence-electron chi connectivity index (χ4n) is 3.14. The molecular weight excluding hydrogens is 440 g/mol. The van der Waals surface area contributed by atoms with Crippen molar-refractivity contribution in [2.45, 2.75) is 20.4 Å². The fraction of sp³-hybridized carbons (Fsp3) is 0.154. The number of rotatable bonds is 7. The normalized spacial score (nSPS) is 10.7. The Morgan fingerprint density at radius 1 is 1.00 bits per heavy atom. The number of carbonyl (C=O) groups excluding carboxylic acids is 1. The van der Waals surface area contributed by atoms with E-state index in [0.29, 0.717) is 17.3 Å². The predicted molar refractivity (Wildman–Crippen MR) is 131 cm³/mol.